The first-order valence-corrected chi connectivity index (χ1v) is 1.93. The Morgan fingerprint density at radius 2 is 1.60 bits per heavy atom. The molecule has 0 spiro atoms. The third-order valence-electron chi connectivity index (χ3n) is 0. The largest absolute Gasteiger partial charge is 0.378 e. The van der Waals surface area contributed by atoms with Crippen LogP contribution in [0.5, 0.6) is 0 Å². The maximum Gasteiger partial charge on any atom is 0.378 e. The second kappa shape index (κ2) is 1.39. The molecular formula is CBrClF2. The van der Waals surface area contributed by atoms with E-state index in [0.717, 1.165) is 0 Å². The summed E-state index contributed by atoms with van der Waals surface area (Å²) in [5.74, 6) is 0. The molecule has 0 atom stereocenters. The topological polar surface area (TPSA) is 0 Å². The average Bonchev–Trinajstić information content (AvgIpc) is 0.722. The molecule has 0 aliphatic carbocycles. The lowest BCUT2D eigenvalue weighted by atomic mass is 11.7. The van der Waals surface area contributed by atoms with Crippen LogP contribution in [0.1, 0.15) is 0 Å². The summed E-state index contributed by atoms with van der Waals surface area (Å²) in [5.41, 5.74) is 0. The van der Waals surface area contributed by atoms with Crippen LogP contribution in [0.4, 0.5) is 8.78 Å². The van der Waals surface area contributed by atoms with Gasteiger partial charge in [-0.15, -0.1) is 0 Å². The molecular weight excluding hydrogens is 165 g/mol. The fraction of sp³-hybridized carbons (Fsp3) is 1.00. The van der Waals surface area contributed by atoms with Crippen LogP contribution in [-0.2, 0) is 0 Å². The predicted molar refractivity (Wildman–Crippen MR) is 19.7 cm³/mol. The van der Waals surface area contributed by atoms with Crippen LogP contribution in [-0.4, -0.2) is 4.29 Å². The first-order chi connectivity index (χ1) is 2.00. The van der Waals surface area contributed by atoms with Gasteiger partial charge in [-0.25, -0.2) is 0 Å². The molecule has 0 heterocycles. The molecule has 4 heteroatoms. The maximum absolute atomic E-state index is 10.7. The van der Waals surface area contributed by atoms with E-state index in [2.05, 4.69) is 11.6 Å². The molecule has 0 aliphatic rings. The highest BCUT2D eigenvalue weighted by molar-refractivity contribution is 9.10. The van der Waals surface area contributed by atoms with Gasteiger partial charge in [0.25, 0.3) is 0 Å². The highest BCUT2D eigenvalue weighted by Crippen LogP contribution is 2.25. The molecule has 0 rings (SSSR count). The molecule has 0 aromatic carbocycles. The van der Waals surface area contributed by atoms with Gasteiger partial charge in [-0.3, -0.25) is 0 Å². The van der Waals surface area contributed by atoms with Gasteiger partial charge in [-0.1, -0.05) is 0 Å². The highest BCUT2D eigenvalue weighted by atomic mass is 79.9. The van der Waals surface area contributed by atoms with Crippen LogP contribution in [0, 0.1) is 0 Å². The summed E-state index contributed by atoms with van der Waals surface area (Å²) in [7, 11) is 0. The summed E-state index contributed by atoms with van der Waals surface area (Å²) in [6.45, 7) is 0. The van der Waals surface area contributed by atoms with Crippen molar-refractivity contribution in [3.05, 3.63) is 0 Å². The van der Waals surface area contributed by atoms with Gasteiger partial charge in [0, 0.05) is 15.9 Å². The van der Waals surface area contributed by atoms with Crippen molar-refractivity contribution in [2.45, 2.75) is 4.29 Å². The zero-order chi connectivity index (χ0) is 4.50. The van der Waals surface area contributed by atoms with Crippen molar-refractivity contribution < 1.29 is 8.78 Å². The molecule has 32 valence electrons. The van der Waals surface area contributed by atoms with Gasteiger partial charge < -0.3 is 0 Å². The van der Waals surface area contributed by atoms with Gasteiger partial charge in [-0.2, -0.15) is 8.78 Å². The van der Waals surface area contributed by atoms with Crippen molar-refractivity contribution in [2.75, 3.05) is 0 Å². The molecule has 0 aromatic rings. The molecule has 0 N–H and O–H groups in total. The van der Waals surface area contributed by atoms with Gasteiger partial charge >= 0.3 is 4.29 Å². The quantitative estimate of drug-likeness (QED) is 0.483. The summed E-state index contributed by atoms with van der Waals surface area (Å²) in [6, 6.07) is 0. The minimum absolute atomic E-state index is 1.81. The Kier molecular flexibility index (Phi) is 1.56. The van der Waals surface area contributed by atoms with Crippen molar-refractivity contribution >= 4 is 27.5 Å². The SMILES string of the molecule is FC(F)(Cl)Br. The summed E-state index contributed by atoms with van der Waals surface area (Å²) in [6.07, 6.45) is 0. The zero-order valence-corrected chi connectivity index (χ0v) is 4.35. The average molecular weight is 165 g/mol. The van der Waals surface area contributed by atoms with Crippen molar-refractivity contribution in [1.82, 2.24) is 0 Å². The molecule has 0 bridgehead atoms. The lowest BCUT2D eigenvalue weighted by molar-refractivity contribution is 0.212. The summed E-state index contributed by atoms with van der Waals surface area (Å²) >= 11 is 5.92. The van der Waals surface area contributed by atoms with Gasteiger partial charge in [0.15, 0.2) is 0 Å². The lowest BCUT2D eigenvalue weighted by Crippen LogP contribution is -1.85. The molecule has 0 saturated heterocycles. The van der Waals surface area contributed by atoms with Crippen molar-refractivity contribution in [1.29, 1.82) is 0 Å². The van der Waals surface area contributed by atoms with E-state index in [4.69, 9.17) is 0 Å². The normalized spacial score (nSPS) is 12.0. The molecule has 0 aromatic heterocycles. The van der Waals surface area contributed by atoms with E-state index in [1.165, 1.54) is 0 Å². The van der Waals surface area contributed by atoms with Crippen LogP contribution in [0.15, 0.2) is 0 Å². The second-order valence-electron chi connectivity index (χ2n) is 0.429. The summed E-state index contributed by atoms with van der Waals surface area (Å²) < 4.78 is 18.2. The number of halogens is 4. The van der Waals surface area contributed by atoms with E-state index in [9.17, 15) is 8.78 Å². The number of hydrogen-bond donors (Lipinski definition) is 0. The van der Waals surface area contributed by atoms with Gasteiger partial charge in [-0.05, 0) is 11.6 Å². The van der Waals surface area contributed by atoms with Crippen LogP contribution in [0.2, 0.25) is 0 Å². The molecule has 0 unspecified atom stereocenters. The molecule has 0 nitrogen and oxygen atoms in total. The van der Waals surface area contributed by atoms with Crippen molar-refractivity contribution in [3.63, 3.8) is 0 Å². The second-order valence-corrected chi connectivity index (χ2v) is 2.36. The minimum atomic E-state index is -3.22. The van der Waals surface area contributed by atoms with Gasteiger partial charge in [0.1, 0.15) is 0 Å². The smallest absolute Gasteiger partial charge is 0.177 e. The molecule has 0 amide bonds. The minimum Gasteiger partial charge on any atom is -0.177 e. The molecule has 0 fully saturated rings. The standard InChI is InChI=1S/CBrClF2/c2-1(3,4)5. The molecule has 0 aliphatic heterocycles. The van der Waals surface area contributed by atoms with Crippen LogP contribution in [0.25, 0.3) is 0 Å². The monoisotopic (exact) mass is 164 g/mol. The molecule has 5 heavy (non-hydrogen) atoms. The lowest BCUT2D eigenvalue weighted by Gasteiger charge is -1.87. The van der Waals surface area contributed by atoms with E-state index in [-0.39, 0.29) is 0 Å². The number of hydrogen-bond acceptors (Lipinski definition) is 0. The van der Waals surface area contributed by atoms with Gasteiger partial charge in [0.05, 0.1) is 0 Å². The summed E-state index contributed by atoms with van der Waals surface area (Å²) in [4.78, 5) is 0. The highest BCUT2D eigenvalue weighted by Gasteiger charge is 2.16. The fourth-order valence-corrected chi connectivity index (χ4v) is 0. The Balaban J connectivity index is 3.02. The van der Waals surface area contributed by atoms with E-state index in [1.807, 2.05) is 15.9 Å². The van der Waals surface area contributed by atoms with Crippen LogP contribution >= 0.6 is 27.5 Å². The van der Waals surface area contributed by atoms with Crippen molar-refractivity contribution in [2.24, 2.45) is 0 Å². The first kappa shape index (κ1) is 5.63. The first-order valence-electron chi connectivity index (χ1n) is 0.756. The third kappa shape index (κ3) is 80.7. The van der Waals surface area contributed by atoms with E-state index in [0.29, 0.717) is 0 Å². The molecule has 0 saturated carbocycles. The Bertz CT molecular complexity index is 25.1. The van der Waals surface area contributed by atoms with Crippen LogP contribution in [0.3, 0.4) is 0 Å². The van der Waals surface area contributed by atoms with E-state index < -0.39 is 4.29 Å². The van der Waals surface area contributed by atoms with Gasteiger partial charge in [0.2, 0.25) is 0 Å². The number of rotatable bonds is 0. The number of alkyl halides is 4. The Morgan fingerprint density at radius 1 is 1.60 bits per heavy atom. The Hall–Kier alpha value is 0.630. The summed E-state index contributed by atoms with van der Waals surface area (Å²) in [5, 5.41) is 0. The predicted octanol–water partition coefficient (Wildman–Crippen LogP) is 2.17. The van der Waals surface area contributed by atoms with E-state index >= 15 is 0 Å². The van der Waals surface area contributed by atoms with E-state index in [1.54, 1.807) is 0 Å². The maximum atomic E-state index is 10.7. The Morgan fingerprint density at radius 3 is 1.60 bits per heavy atom. The molecule has 0 radical (unpaired) electrons. The van der Waals surface area contributed by atoms with Crippen molar-refractivity contribution in [3.8, 4) is 0 Å². The Labute approximate surface area is 41.2 Å². The third-order valence-corrected chi connectivity index (χ3v) is 0. The van der Waals surface area contributed by atoms with Crippen LogP contribution < -0.4 is 0 Å². The zero-order valence-electron chi connectivity index (χ0n) is 2.01. The fourth-order valence-electron chi connectivity index (χ4n) is 0.